The molecule has 0 heterocycles. The van der Waals surface area contributed by atoms with Crippen molar-refractivity contribution in [3.8, 4) is 0 Å². The lowest BCUT2D eigenvalue weighted by molar-refractivity contribution is 0.191. The number of hydrogen-bond donors (Lipinski definition) is 2. The average Bonchev–Trinajstić information content (AvgIpc) is 2.48. The molecule has 21 heavy (non-hydrogen) atoms. The summed E-state index contributed by atoms with van der Waals surface area (Å²) in [4.78, 5) is 0. The van der Waals surface area contributed by atoms with E-state index in [2.05, 4.69) is 0 Å². The second kappa shape index (κ2) is 6.52. The summed E-state index contributed by atoms with van der Waals surface area (Å²) in [7, 11) is 0. The van der Waals surface area contributed by atoms with Crippen molar-refractivity contribution >= 4 is 11.6 Å². The third-order valence-corrected chi connectivity index (χ3v) is 3.92. The van der Waals surface area contributed by atoms with Crippen molar-refractivity contribution in [2.45, 2.75) is 11.8 Å². The van der Waals surface area contributed by atoms with Gasteiger partial charge in [0.1, 0.15) is 11.6 Å². The maximum Gasteiger partial charge on any atom is 0.127 e. The summed E-state index contributed by atoms with van der Waals surface area (Å²) in [6, 6.07) is 10.4. The first kappa shape index (κ1) is 15.9. The molecule has 0 saturated heterocycles. The van der Waals surface area contributed by atoms with Gasteiger partial charge in [0.15, 0.2) is 0 Å². The summed E-state index contributed by atoms with van der Waals surface area (Å²) in [5, 5.41) is 10.0. The van der Waals surface area contributed by atoms with Crippen LogP contribution in [0.2, 0.25) is 5.02 Å². The number of hydrogen-bond acceptors (Lipinski definition) is 2. The van der Waals surface area contributed by atoms with E-state index < -0.39 is 17.0 Å². The van der Waals surface area contributed by atoms with Crippen LogP contribution < -0.4 is 5.73 Å². The monoisotopic (exact) mass is 311 g/mol. The molecule has 5 heteroatoms. The number of aliphatic hydroxyl groups is 1. The highest BCUT2D eigenvalue weighted by atomic mass is 35.5. The van der Waals surface area contributed by atoms with Gasteiger partial charge in [-0.1, -0.05) is 35.9 Å². The molecule has 3 N–H and O–H groups in total. The van der Waals surface area contributed by atoms with Crippen LogP contribution in [-0.4, -0.2) is 18.3 Å². The number of rotatable bonds is 5. The van der Waals surface area contributed by atoms with E-state index in [-0.39, 0.29) is 30.2 Å². The number of halogens is 3. The standard InChI is InChI=1S/C16H16ClF2NO/c17-12-6-5-11(15(19)7-12)8-16(9-20,10-21)13-3-1-2-4-14(13)18/h1-7,21H,8-10,20H2. The van der Waals surface area contributed by atoms with E-state index in [9.17, 15) is 13.9 Å². The zero-order valence-corrected chi connectivity index (χ0v) is 12.1. The summed E-state index contributed by atoms with van der Waals surface area (Å²) in [5.74, 6) is -0.962. The first-order chi connectivity index (χ1) is 10.0. The summed E-state index contributed by atoms with van der Waals surface area (Å²) >= 11 is 5.72. The van der Waals surface area contributed by atoms with E-state index in [1.165, 1.54) is 18.2 Å². The van der Waals surface area contributed by atoms with Gasteiger partial charge in [-0.25, -0.2) is 8.78 Å². The van der Waals surface area contributed by atoms with Crippen LogP contribution in [0.15, 0.2) is 42.5 Å². The quantitative estimate of drug-likeness (QED) is 0.891. The Bertz CT molecular complexity index is 629. The van der Waals surface area contributed by atoms with Crippen molar-refractivity contribution in [1.29, 1.82) is 0 Å². The van der Waals surface area contributed by atoms with Crippen LogP contribution >= 0.6 is 11.6 Å². The minimum absolute atomic E-state index is 0.00744. The van der Waals surface area contributed by atoms with Crippen LogP contribution in [0.1, 0.15) is 11.1 Å². The normalized spacial score (nSPS) is 14.0. The Morgan fingerprint density at radius 2 is 1.81 bits per heavy atom. The molecule has 0 spiro atoms. The molecule has 2 rings (SSSR count). The van der Waals surface area contributed by atoms with Crippen LogP contribution in [0.25, 0.3) is 0 Å². The molecule has 0 bridgehead atoms. The van der Waals surface area contributed by atoms with E-state index in [0.717, 1.165) is 0 Å². The predicted molar refractivity (Wildman–Crippen MR) is 79.3 cm³/mol. The minimum Gasteiger partial charge on any atom is -0.395 e. The van der Waals surface area contributed by atoms with Crippen molar-refractivity contribution in [2.75, 3.05) is 13.2 Å². The lowest BCUT2D eigenvalue weighted by atomic mass is 9.76. The molecule has 0 aliphatic heterocycles. The molecular weight excluding hydrogens is 296 g/mol. The van der Waals surface area contributed by atoms with Crippen molar-refractivity contribution in [3.05, 3.63) is 70.2 Å². The van der Waals surface area contributed by atoms with Gasteiger partial charge in [-0.3, -0.25) is 0 Å². The molecule has 2 aromatic rings. The third-order valence-electron chi connectivity index (χ3n) is 3.68. The van der Waals surface area contributed by atoms with E-state index in [1.54, 1.807) is 24.3 Å². The maximum atomic E-state index is 14.0. The van der Waals surface area contributed by atoms with Crippen molar-refractivity contribution in [2.24, 2.45) is 5.73 Å². The Hall–Kier alpha value is -1.49. The Kier molecular flexibility index (Phi) is 4.93. The Morgan fingerprint density at radius 1 is 1.10 bits per heavy atom. The fraction of sp³-hybridized carbons (Fsp3) is 0.250. The van der Waals surface area contributed by atoms with Gasteiger partial charge in [-0.2, -0.15) is 0 Å². The molecule has 1 unspecified atom stereocenters. The van der Waals surface area contributed by atoms with Gasteiger partial charge in [-0.05, 0) is 35.7 Å². The molecule has 112 valence electrons. The summed E-state index contributed by atoms with van der Waals surface area (Å²) < 4.78 is 28.0. The van der Waals surface area contributed by atoms with Gasteiger partial charge in [0.05, 0.1) is 6.61 Å². The SMILES string of the molecule is NCC(CO)(Cc1ccc(Cl)cc1F)c1ccccc1F. The highest BCUT2D eigenvalue weighted by molar-refractivity contribution is 6.30. The minimum atomic E-state index is -1.07. The van der Waals surface area contributed by atoms with Gasteiger partial charge < -0.3 is 10.8 Å². The Morgan fingerprint density at radius 3 is 2.38 bits per heavy atom. The fourth-order valence-corrected chi connectivity index (χ4v) is 2.56. The zero-order valence-electron chi connectivity index (χ0n) is 11.3. The largest absolute Gasteiger partial charge is 0.395 e. The molecule has 0 radical (unpaired) electrons. The van der Waals surface area contributed by atoms with Gasteiger partial charge in [0.2, 0.25) is 0 Å². The molecule has 0 aromatic heterocycles. The third kappa shape index (κ3) is 3.23. The molecule has 2 aromatic carbocycles. The lowest BCUT2D eigenvalue weighted by Crippen LogP contribution is -2.42. The van der Waals surface area contributed by atoms with Crippen LogP contribution in [0.3, 0.4) is 0 Å². The van der Waals surface area contributed by atoms with Gasteiger partial charge in [0.25, 0.3) is 0 Å². The molecule has 0 aliphatic carbocycles. The van der Waals surface area contributed by atoms with Gasteiger partial charge in [0, 0.05) is 17.0 Å². The topological polar surface area (TPSA) is 46.2 Å². The van der Waals surface area contributed by atoms with Crippen LogP contribution in [-0.2, 0) is 11.8 Å². The number of aliphatic hydroxyl groups excluding tert-OH is 1. The number of benzene rings is 2. The van der Waals surface area contributed by atoms with E-state index in [4.69, 9.17) is 17.3 Å². The van der Waals surface area contributed by atoms with Crippen molar-refractivity contribution in [1.82, 2.24) is 0 Å². The first-order valence-electron chi connectivity index (χ1n) is 6.52. The second-order valence-corrected chi connectivity index (χ2v) is 5.47. The summed E-state index contributed by atoms with van der Waals surface area (Å²) in [5.41, 5.74) is 5.32. The van der Waals surface area contributed by atoms with Gasteiger partial charge in [-0.15, -0.1) is 0 Å². The van der Waals surface area contributed by atoms with E-state index in [0.29, 0.717) is 5.56 Å². The van der Waals surface area contributed by atoms with E-state index in [1.807, 2.05) is 0 Å². The fourth-order valence-electron chi connectivity index (χ4n) is 2.40. The predicted octanol–water partition coefficient (Wildman–Crippen LogP) is 3.05. The molecule has 2 nitrogen and oxygen atoms in total. The van der Waals surface area contributed by atoms with Crippen LogP contribution in [0, 0.1) is 11.6 Å². The smallest absolute Gasteiger partial charge is 0.127 e. The van der Waals surface area contributed by atoms with Crippen LogP contribution in [0.4, 0.5) is 8.78 Å². The highest BCUT2D eigenvalue weighted by Crippen LogP contribution is 2.31. The maximum absolute atomic E-state index is 14.0. The number of nitrogens with two attached hydrogens (primary N) is 1. The first-order valence-corrected chi connectivity index (χ1v) is 6.90. The summed E-state index contributed by atoms with van der Waals surface area (Å²) in [6.07, 6.45) is 0.0872. The molecular formula is C16H16ClF2NO. The molecule has 0 amide bonds. The average molecular weight is 312 g/mol. The molecule has 0 saturated carbocycles. The lowest BCUT2D eigenvalue weighted by Gasteiger charge is -2.31. The molecule has 0 fully saturated rings. The van der Waals surface area contributed by atoms with Crippen molar-refractivity contribution in [3.63, 3.8) is 0 Å². The Balaban J connectivity index is 2.46. The molecule has 0 aliphatic rings. The van der Waals surface area contributed by atoms with E-state index >= 15 is 0 Å². The van der Waals surface area contributed by atoms with Gasteiger partial charge >= 0.3 is 0 Å². The van der Waals surface area contributed by atoms with Crippen LogP contribution in [0.5, 0.6) is 0 Å². The summed E-state index contributed by atoms with van der Waals surface area (Å²) in [6.45, 7) is -0.390. The second-order valence-electron chi connectivity index (χ2n) is 5.03. The molecule has 1 atom stereocenters. The highest BCUT2D eigenvalue weighted by Gasteiger charge is 2.33. The van der Waals surface area contributed by atoms with Crippen molar-refractivity contribution < 1.29 is 13.9 Å². The zero-order chi connectivity index (χ0) is 15.5. The Labute approximate surface area is 127 Å².